The minimum Gasteiger partial charge on any atom is -0.497 e. The molecular formula is C18H27N3O3. The molecule has 0 radical (unpaired) electrons. The van der Waals surface area contributed by atoms with Crippen molar-refractivity contribution < 1.29 is 14.3 Å². The number of amides is 2. The van der Waals surface area contributed by atoms with Crippen LogP contribution in [0.4, 0.5) is 0 Å². The number of aryl methyl sites for hydroxylation is 1. The van der Waals surface area contributed by atoms with Crippen LogP contribution >= 0.6 is 0 Å². The summed E-state index contributed by atoms with van der Waals surface area (Å²) in [5, 5.41) is 0. The number of carbonyl (C=O) groups excluding carboxylic acids is 2. The molecule has 0 saturated carbocycles. The monoisotopic (exact) mass is 333 g/mol. The Labute approximate surface area is 143 Å². The number of methoxy groups -OCH3 is 1. The van der Waals surface area contributed by atoms with Crippen LogP contribution in [0.25, 0.3) is 0 Å². The fraction of sp³-hybridized carbons (Fsp3) is 0.556. The van der Waals surface area contributed by atoms with Crippen LogP contribution in [0.2, 0.25) is 0 Å². The largest absolute Gasteiger partial charge is 0.497 e. The van der Waals surface area contributed by atoms with Gasteiger partial charge >= 0.3 is 0 Å². The minimum atomic E-state index is -0.311. The lowest BCUT2D eigenvalue weighted by atomic mass is 10.1. The first-order chi connectivity index (χ1) is 11.5. The topological polar surface area (TPSA) is 75.9 Å². The van der Waals surface area contributed by atoms with Crippen LogP contribution in [0.5, 0.6) is 5.75 Å². The lowest BCUT2D eigenvalue weighted by molar-refractivity contribution is -0.131. The second kappa shape index (κ2) is 8.68. The Kier molecular flexibility index (Phi) is 6.61. The van der Waals surface area contributed by atoms with Crippen molar-refractivity contribution in [3.05, 3.63) is 29.8 Å². The Morgan fingerprint density at radius 1 is 1.17 bits per heavy atom. The van der Waals surface area contributed by atoms with Gasteiger partial charge in [-0.1, -0.05) is 12.1 Å². The second-order valence-corrected chi connectivity index (χ2v) is 6.20. The zero-order valence-corrected chi connectivity index (χ0v) is 14.5. The van der Waals surface area contributed by atoms with Gasteiger partial charge in [0, 0.05) is 32.6 Å². The van der Waals surface area contributed by atoms with Crippen molar-refractivity contribution in [1.29, 1.82) is 0 Å². The highest BCUT2D eigenvalue weighted by Gasteiger charge is 2.24. The maximum Gasteiger partial charge on any atom is 0.234 e. The van der Waals surface area contributed by atoms with Gasteiger partial charge < -0.3 is 15.4 Å². The summed E-state index contributed by atoms with van der Waals surface area (Å²) in [5.41, 5.74) is 6.50. The molecule has 2 N–H and O–H groups in total. The Hall–Kier alpha value is -2.08. The van der Waals surface area contributed by atoms with Gasteiger partial charge in [0.15, 0.2) is 0 Å². The Morgan fingerprint density at radius 2 is 1.88 bits per heavy atom. The maximum absolute atomic E-state index is 12.4. The van der Waals surface area contributed by atoms with Crippen LogP contribution in [0, 0.1) is 0 Å². The highest BCUT2D eigenvalue weighted by atomic mass is 16.5. The van der Waals surface area contributed by atoms with Crippen LogP contribution in [0.15, 0.2) is 24.3 Å². The summed E-state index contributed by atoms with van der Waals surface area (Å²) in [7, 11) is 1.64. The smallest absolute Gasteiger partial charge is 0.234 e. The summed E-state index contributed by atoms with van der Waals surface area (Å²) in [4.78, 5) is 27.7. The first-order valence-electron chi connectivity index (χ1n) is 8.45. The Balaban J connectivity index is 1.82. The molecule has 6 heteroatoms. The van der Waals surface area contributed by atoms with Crippen LogP contribution in [0.3, 0.4) is 0 Å². The second-order valence-electron chi connectivity index (χ2n) is 6.20. The molecule has 0 bridgehead atoms. The number of carbonyl (C=O) groups is 2. The summed E-state index contributed by atoms with van der Waals surface area (Å²) in [6.45, 7) is 4.71. The third-order valence-corrected chi connectivity index (χ3v) is 4.63. The van der Waals surface area contributed by atoms with Gasteiger partial charge in [-0.25, -0.2) is 0 Å². The lowest BCUT2D eigenvalue weighted by Crippen LogP contribution is -2.44. The quantitative estimate of drug-likeness (QED) is 0.844. The summed E-state index contributed by atoms with van der Waals surface area (Å²) in [6.07, 6.45) is 2.09. The minimum absolute atomic E-state index is 0.166. The number of nitrogens with zero attached hydrogens (tertiary/aromatic N) is 2. The van der Waals surface area contributed by atoms with E-state index >= 15 is 0 Å². The Morgan fingerprint density at radius 3 is 2.50 bits per heavy atom. The molecule has 1 fully saturated rings. The van der Waals surface area contributed by atoms with Gasteiger partial charge in [-0.05, 0) is 37.5 Å². The van der Waals surface area contributed by atoms with E-state index in [9.17, 15) is 9.59 Å². The van der Waals surface area contributed by atoms with Gasteiger partial charge in [0.05, 0.1) is 13.2 Å². The predicted molar refractivity (Wildman–Crippen MR) is 92.7 cm³/mol. The molecule has 2 amide bonds. The van der Waals surface area contributed by atoms with E-state index in [2.05, 4.69) is 4.90 Å². The molecular weight excluding hydrogens is 306 g/mol. The first-order valence-corrected chi connectivity index (χ1v) is 8.45. The zero-order valence-electron chi connectivity index (χ0n) is 14.5. The van der Waals surface area contributed by atoms with Gasteiger partial charge in [-0.15, -0.1) is 0 Å². The number of ether oxygens (including phenoxy) is 1. The van der Waals surface area contributed by atoms with Crippen molar-refractivity contribution in [2.24, 2.45) is 5.73 Å². The molecule has 0 aliphatic carbocycles. The van der Waals surface area contributed by atoms with Gasteiger partial charge in [0.1, 0.15) is 5.75 Å². The Bertz CT molecular complexity index is 559. The summed E-state index contributed by atoms with van der Waals surface area (Å²) in [6, 6.07) is 7.53. The van der Waals surface area contributed by atoms with Crippen LogP contribution in [-0.4, -0.2) is 60.9 Å². The first kappa shape index (κ1) is 18.3. The van der Waals surface area contributed by atoms with E-state index in [0.29, 0.717) is 19.5 Å². The number of hydrogen-bond acceptors (Lipinski definition) is 4. The molecule has 1 saturated heterocycles. The fourth-order valence-corrected chi connectivity index (χ4v) is 2.96. The molecule has 1 aromatic rings. The molecule has 1 aliphatic rings. The zero-order chi connectivity index (χ0) is 17.5. The van der Waals surface area contributed by atoms with Crippen molar-refractivity contribution in [2.75, 3.05) is 33.3 Å². The molecule has 2 rings (SSSR count). The van der Waals surface area contributed by atoms with Crippen molar-refractivity contribution in [3.63, 3.8) is 0 Å². The summed E-state index contributed by atoms with van der Waals surface area (Å²) in [5.74, 6) is 0.676. The van der Waals surface area contributed by atoms with Crippen LogP contribution in [-0.2, 0) is 16.0 Å². The third-order valence-electron chi connectivity index (χ3n) is 4.63. The van der Waals surface area contributed by atoms with Gasteiger partial charge in [-0.2, -0.15) is 0 Å². The molecule has 0 spiro atoms. The van der Waals surface area contributed by atoms with Crippen LogP contribution < -0.4 is 10.5 Å². The van der Waals surface area contributed by atoms with Crippen LogP contribution in [0.1, 0.15) is 25.3 Å². The number of primary amides is 1. The molecule has 0 aromatic heterocycles. The van der Waals surface area contributed by atoms with Gasteiger partial charge in [-0.3, -0.25) is 14.5 Å². The van der Waals surface area contributed by atoms with E-state index in [-0.39, 0.29) is 17.9 Å². The molecule has 132 valence electrons. The molecule has 1 unspecified atom stereocenters. The third kappa shape index (κ3) is 4.96. The SMILES string of the molecule is COc1ccc(CCC(=O)N2CCCN(C(C)C(N)=O)CC2)cc1. The highest BCUT2D eigenvalue weighted by Crippen LogP contribution is 2.14. The van der Waals surface area contributed by atoms with E-state index in [1.54, 1.807) is 7.11 Å². The molecule has 24 heavy (non-hydrogen) atoms. The van der Waals surface area contributed by atoms with Crippen molar-refractivity contribution in [1.82, 2.24) is 9.80 Å². The molecule has 1 aromatic carbocycles. The lowest BCUT2D eigenvalue weighted by Gasteiger charge is -2.25. The van der Waals surface area contributed by atoms with Gasteiger partial charge in [0.2, 0.25) is 11.8 Å². The van der Waals surface area contributed by atoms with Crippen molar-refractivity contribution in [2.45, 2.75) is 32.2 Å². The van der Waals surface area contributed by atoms with E-state index in [0.717, 1.165) is 37.2 Å². The summed E-state index contributed by atoms with van der Waals surface area (Å²) < 4.78 is 5.14. The van der Waals surface area contributed by atoms with E-state index in [1.165, 1.54) is 0 Å². The highest BCUT2D eigenvalue weighted by molar-refractivity contribution is 5.79. The van der Waals surface area contributed by atoms with Gasteiger partial charge in [0.25, 0.3) is 0 Å². The van der Waals surface area contributed by atoms with E-state index in [4.69, 9.17) is 10.5 Å². The molecule has 1 atom stereocenters. The normalized spacial score (nSPS) is 17.2. The number of nitrogens with two attached hydrogens (primary N) is 1. The van der Waals surface area contributed by atoms with Crippen molar-refractivity contribution in [3.8, 4) is 5.75 Å². The standard InChI is InChI=1S/C18H27N3O3/c1-14(18(19)23)20-10-3-11-21(13-12-20)17(22)9-6-15-4-7-16(24-2)8-5-15/h4-5,7-8,14H,3,6,9-13H2,1-2H3,(H2,19,23). The maximum atomic E-state index is 12.4. The fourth-order valence-electron chi connectivity index (χ4n) is 2.96. The molecule has 6 nitrogen and oxygen atoms in total. The predicted octanol–water partition coefficient (Wildman–Crippen LogP) is 1.04. The van der Waals surface area contributed by atoms with Crippen molar-refractivity contribution >= 4 is 11.8 Å². The number of rotatable bonds is 6. The molecule has 1 aliphatic heterocycles. The average molecular weight is 333 g/mol. The summed E-state index contributed by atoms with van der Waals surface area (Å²) >= 11 is 0. The van der Waals surface area contributed by atoms with E-state index < -0.39 is 0 Å². The average Bonchev–Trinajstić information content (AvgIpc) is 2.85. The van der Waals surface area contributed by atoms with E-state index in [1.807, 2.05) is 36.1 Å². The number of benzene rings is 1. The number of hydrogen-bond donors (Lipinski definition) is 1. The molecule has 1 heterocycles.